The summed E-state index contributed by atoms with van der Waals surface area (Å²) in [7, 11) is 0. The molecule has 25 heavy (non-hydrogen) atoms. The van der Waals surface area contributed by atoms with E-state index in [9.17, 15) is 4.79 Å². The van der Waals surface area contributed by atoms with Crippen LogP contribution in [0.15, 0.2) is 56.1 Å². The molecule has 4 aromatic rings. The summed E-state index contributed by atoms with van der Waals surface area (Å²) in [5.41, 5.74) is 3.67. The molecule has 4 nitrogen and oxygen atoms in total. The minimum atomic E-state index is -0.387. The van der Waals surface area contributed by atoms with Gasteiger partial charge in [0.2, 0.25) is 0 Å². The first-order valence-electron chi connectivity index (χ1n) is 8.28. The Labute approximate surface area is 144 Å². The Morgan fingerprint density at radius 1 is 1.00 bits per heavy atom. The number of benzene rings is 2. The van der Waals surface area contributed by atoms with Gasteiger partial charge in [0.05, 0.1) is 6.61 Å². The van der Waals surface area contributed by atoms with E-state index >= 15 is 0 Å². The van der Waals surface area contributed by atoms with Crippen molar-refractivity contribution < 1.29 is 13.6 Å². The maximum Gasteiger partial charge on any atom is 0.336 e. The van der Waals surface area contributed by atoms with Crippen LogP contribution in [0, 0.1) is 13.8 Å². The fourth-order valence-electron chi connectivity index (χ4n) is 3.10. The Hall–Kier alpha value is -3.01. The highest BCUT2D eigenvalue weighted by Crippen LogP contribution is 2.36. The number of rotatable bonds is 3. The van der Waals surface area contributed by atoms with Crippen LogP contribution in [0.2, 0.25) is 0 Å². The van der Waals surface area contributed by atoms with Gasteiger partial charge in [-0.05, 0) is 44.0 Å². The predicted molar refractivity (Wildman–Crippen MR) is 98.3 cm³/mol. The molecule has 2 aromatic heterocycles. The van der Waals surface area contributed by atoms with E-state index in [2.05, 4.69) is 0 Å². The normalized spacial score (nSPS) is 11.3. The Morgan fingerprint density at radius 2 is 1.84 bits per heavy atom. The first-order valence-corrected chi connectivity index (χ1v) is 8.28. The lowest BCUT2D eigenvalue weighted by molar-refractivity contribution is 0.339. The molecule has 4 heteroatoms. The second kappa shape index (κ2) is 5.81. The van der Waals surface area contributed by atoms with Crippen molar-refractivity contribution in [3.8, 4) is 17.1 Å². The molecule has 2 heterocycles. The lowest BCUT2D eigenvalue weighted by Crippen LogP contribution is -1.99. The zero-order chi connectivity index (χ0) is 17.6. The third kappa shape index (κ3) is 2.50. The van der Waals surface area contributed by atoms with Crippen LogP contribution in [0.1, 0.15) is 18.1 Å². The molecule has 4 rings (SSSR count). The van der Waals surface area contributed by atoms with Crippen LogP contribution in [-0.2, 0) is 0 Å². The van der Waals surface area contributed by atoms with E-state index in [0.29, 0.717) is 29.3 Å². The number of para-hydroxylation sites is 1. The zero-order valence-electron chi connectivity index (χ0n) is 14.4. The standard InChI is InChI=1S/C21H18O4/c1-4-23-17-7-5-6-14-10-18(24-21(14)17)16-11-19(22)25-20-13(3)12(2)8-9-15(16)20/h5-11H,4H2,1-3H3. The van der Waals surface area contributed by atoms with Crippen molar-refractivity contribution >= 4 is 21.9 Å². The van der Waals surface area contributed by atoms with Gasteiger partial charge in [0, 0.05) is 22.4 Å². The lowest BCUT2D eigenvalue weighted by Gasteiger charge is -2.07. The van der Waals surface area contributed by atoms with Gasteiger partial charge in [-0.2, -0.15) is 0 Å². The summed E-state index contributed by atoms with van der Waals surface area (Å²) in [6, 6.07) is 13.2. The van der Waals surface area contributed by atoms with Crippen LogP contribution in [0.25, 0.3) is 33.3 Å². The molecule has 0 radical (unpaired) electrons. The number of aryl methyl sites for hydroxylation is 2. The summed E-state index contributed by atoms with van der Waals surface area (Å²) in [5.74, 6) is 1.33. The molecule has 0 spiro atoms. The van der Waals surface area contributed by atoms with E-state index in [0.717, 1.165) is 27.5 Å². The van der Waals surface area contributed by atoms with Gasteiger partial charge in [0.1, 0.15) is 11.3 Å². The number of fused-ring (bicyclic) bond motifs is 2. The van der Waals surface area contributed by atoms with Gasteiger partial charge in [0.15, 0.2) is 11.3 Å². The molecular formula is C21H18O4. The highest BCUT2D eigenvalue weighted by atomic mass is 16.5. The Bertz CT molecular complexity index is 1150. The molecule has 2 aromatic carbocycles. The molecule has 0 saturated carbocycles. The monoisotopic (exact) mass is 334 g/mol. The van der Waals surface area contributed by atoms with E-state index < -0.39 is 0 Å². The van der Waals surface area contributed by atoms with Crippen molar-refractivity contribution in [1.82, 2.24) is 0 Å². The number of hydrogen-bond donors (Lipinski definition) is 0. The van der Waals surface area contributed by atoms with Gasteiger partial charge in [0.25, 0.3) is 0 Å². The second-order valence-electron chi connectivity index (χ2n) is 6.08. The molecule has 0 aliphatic carbocycles. The SMILES string of the molecule is CCOc1cccc2cc(-c3cc(=O)oc4c(C)c(C)ccc34)oc12. The van der Waals surface area contributed by atoms with E-state index in [4.69, 9.17) is 13.6 Å². The minimum Gasteiger partial charge on any atom is -0.490 e. The van der Waals surface area contributed by atoms with Crippen LogP contribution in [0.4, 0.5) is 0 Å². The number of hydrogen-bond acceptors (Lipinski definition) is 4. The Morgan fingerprint density at radius 3 is 2.64 bits per heavy atom. The van der Waals surface area contributed by atoms with Gasteiger partial charge in [-0.25, -0.2) is 4.79 Å². The van der Waals surface area contributed by atoms with Crippen LogP contribution in [0.5, 0.6) is 5.75 Å². The predicted octanol–water partition coefficient (Wildman–Crippen LogP) is 5.22. The summed E-state index contributed by atoms with van der Waals surface area (Å²) in [4.78, 5) is 12.1. The largest absolute Gasteiger partial charge is 0.490 e. The maximum absolute atomic E-state index is 12.1. The fraction of sp³-hybridized carbons (Fsp3) is 0.190. The molecule has 0 aliphatic rings. The van der Waals surface area contributed by atoms with Crippen LogP contribution < -0.4 is 10.4 Å². The molecular weight excluding hydrogens is 316 g/mol. The maximum atomic E-state index is 12.1. The van der Waals surface area contributed by atoms with Gasteiger partial charge < -0.3 is 13.6 Å². The summed E-state index contributed by atoms with van der Waals surface area (Å²) in [6.45, 7) is 6.45. The highest BCUT2D eigenvalue weighted by molar-refractivity contribution is 5.97. The first kappa shape index (κ1) is 15.5. The zero-order valence-corrected chi connectivity index (χ0v) is 14.4. The molecule has 126 valence electrons. The highest BCUT2D eigenvalue weighted by Gasteiger charge is 2.16. The fourth-order valence-corrected chi connectivity index (χ4v) is 3.10. The number of furan rings is 1. The minimum absolute atomic E-state index is 0.387. The van der Waals surface area contributed by atoms with Gasteiger partial charge >= 0.3 is 5.63 Å². The summed E-state index contributed by atoms with van der Waals surface area (Å²) in [6.07, 6.45) is 0. The lowest BCUT2D eigenvalue weighted by atomic mass is 10.0. The van der Waals surface area contributed by atoms with E-state index in [1.807, 2.05) is 57.2 Å². The van der Waals surface area contributed by atoms with Gasteiger partial charge in [-0.15, -0.1) is 0 Å². The molecule has 0 unspecified atom stereocenters. The molecule has 0 saturated heterocycles. The Balaban J connectivity index is 2.02. The van der Waals surface area contributed by atoms with E-state index in [-0.39, 0.29) is 5.63 Å². The Kier molecular flexibility index (Phi) is 3.61. The molecule has 0 atom stereocenters. The van der Waals surface area contributed by atoms with Crippen molar-refractivity contribution in [1.29, 1.82) is 0 Å². The van der Waals surface area contributed by atoms with Crippen molar-refractivity contribution in [3.05, 3.63) is 64.0 Å². The smallest absolute Gasteiger partial charge is 0.336 e. The summed E-state index contributed by atoms with van der Waals surface area (Å²) < 4.78 is 17.2. The molecule has 0 aliphatic heterocycles. The van der Waals surface area contributed by atoms with E-state index in [1.54, 1.807) is 0 Å². The second-order valence-corrected chi connectivity index (χ2v) is 6.08. The number of ether oxygens (including phenoxy) is 1. The average Bonchev–Trinajstić information content (AvgIpc) is 3.03. The van der Waals surface area contributed by atoms with Crippen LogP contribution in [0.3, 0.4) is 0 Å². The van der Waals surface area contributed by atoms with E-state index in [1.165, 1.54) is 6.07 Å². The van der Waals surface area contributed by atoms with Crippen LogP contribution in [-0.4, -0.2) is 6.61 Å². The summed E-state index contributed by atoms with van der Waals surface area (Å²) >= 11 is 0. The van der Waals surface area contributed by atoms with Gasteiger partial charge in [-0.1, -0.05) is 24.3 Å². The van der Waals surface area contributed by atoms with Crippen molar-refractivity contribution in [2.24, 2.45) is 0 Å². The quantitative estimate of drug-likeness (QED) is 0.482. The van der Waals surface area contributed by atoms with Crippen molar-refractivity contribution in [2.75, 3.05) is 6.61 Å². The first-order chi connectivity index (χ1) is 12.1. The van der Waals surface area contributed by atoms with Crippen molar-refractivity contribution in [2.45, 2.75) is 20.8 Å². The van der Waals surface area contributed by atoms with Crippen molar-refractivity contribution in [3.63, 3.8) is 0 Å². The topological polar surface area (TPSA) is 52.6 Å². The molecule has 0 N–H and O–H groups in total. The average molecular weight is 334 g/mol. The van der Waals surface area contributed by atoms with Crippen LogP contribution >= 0.6 is 0 Å². The summed E-state index contributed by atoms with van der Waals surface area (Å²) in [5, 5.41) is 1.80. The third-order valence-corrected chi connectivity index (χ3v) is 4.51. The van der Waals surface area contributed by atoms with Gasteiger partial charge in [-0.3, -0.25) is 0 Å². The molecule has 0 bridgehead atoms. The third-order valence-electron chi connectivity index (χ3n) is 4.51. The molecule has 0 fully saturated rings. The molecule has 0 amide bonds.